The fourth-order valence-electron chi connectivity index (χ4n) is 5.51. The Morgan fingerprint density at radius 1 is 1.07 bits per heavy atom. The third-order valence-electron chi connectivity index (χ3n) is 7.26. The first-order valence-electron chi connectivity index (χ1n) is 11.0. The molecule has 3 heteroatoms. The summed E-state index contributed by atoms with van der Waals surface area (Å²) in [4.78, 5) is 26.6. The van der Waals surface area contributed by atoms with Crippen LogP contribution in [0.3, 0.4) is 0 Å². The Bertz CT molecular complexity index is 721. The van der Waals surface area contributed by atoms with E-state index in [1.54, 1.807) is 0 Å². The monoisotopic (exact) mass is 382 g/mol. The average Bonchev–Trinajstić information content (AvgIpc) is 2.73. The summed E-state index contributed by atoms with van der Waals surface area (Å²) in [6.45, 7) is 6.29. The van der Waals surface area contributed by atoms with E-state index in [1.165, 1.54) is 12.0 Å². The molecule has 1 fully saturated rings. The van der Waals surface area contributed by atoms with Crippen molar-refractivity contribution in [2.45, 2.75) is 78.1 Å². The predicted octanol–water partition coefficient (Wildman–Crippen LogP) is 5.99. The number of Topliss-reactive ketones (excluding diaryl/α,β-unsaturated/α-hetero) is 1. The molecule has 1 saturated carbocycles. The van der Waals surface area contributed by atoms with Gasteiger partial charge in [-0.1, -0.05) is 69.5 Å². The lowest BCUT2D eigenvalue weighted by molar-refractivity contribution is -0.154. The Hall–Kier alpha value is -1.90. The third kappa shape index (κ3) is 3.44. The Morgan fingerprint density at radius 3 is 2.29 bits per heavy atom. The lowest BCUT2D eigenvalue weighted by Crippen LogP contribution is -2.45. The molecule has 1 unspecified atom stereocenters. The minimum absolute atomic E-state index is 0.0529. The number of carbonyl (C=O) groups is 2. The van der Waals surface area contributed by atoms with Crippen LogP contribution < -0.4 is 0 Å². The smallest absolute Gasteiger partial charge is 0.316 e. The quantitative estimate of drug-likeness (QED) is 0.448. The van der Waals surface area contributed by atoms with Crippen LogP contribution in [0, 0.1) is 10.8 Å². The number of allylic oxidation sites excluding steroid dienone is 1. The van der Waals surface area contributed by atoms with Crippen LogP contribution in [0.2, 0.25) is 0 Å². The molecule has 3 rings (SSSR count). The zero-order chi connectivity index (χ0) is 20.2. The van der Waals surface area contributed by atoms with Gasteiger partial charge in [0.1, 0.15) is 5.78 Å². The molecule has 2 aliphatic carbocycles. The molecule has 0 saturated heterocycles. The summed E-state index contributed by atoms with van der Waals surface area (Å²) >= 11 is 0. The predicted molar refractivity (Wildman–Crippen MR) is 112 cm³/mol. The standard InChI is InChI=1S/C25H34O3/c1-4-24(5-2,23(27)28-6-3)20-17-21(19-13-9-7-10-14-19)25(22(26)18-20)15-11-8-12-16-25/h7,9-10,13-14,17,21H,4-6,8,11-12,15-16,18H2,1-3H3. The van der Waals surface area contributed by atoms with Gasteiger partial charge in [0.05, 0.1) is 12.0 Å². The molecule has 3 nitrogen and oxygen atoms in total. The molecule has 0 amide bonds. The van der Waals surface area contributed by atoms with Crippen LogP contribution in [0.1, 0.15) is 83.6 Å². The second kappa shape index (κ2) is 8.63. The number of ether oxygens (including phenoxy) is 1. The lowest BCUT2D eigenvalue weighted by Gasteiger charge is -2.47. The first kappa shape index (κ1) is 20.8. The van der Waals surface area contributed by atoms with Crippen molar-refractivity contribution in [2.75, 3.05) is 6.61 Å². The maximum absolute atomic E-state index is 13.6. The number of hydrogen-bond acceptors (Lipinski definition) is 3. The van der Waals surface area contributed by atoms with Gasteiger partial charge in [-0.25, -0.2) is 0 Å². The van der Waals surface area contributed by atoms with E-state index in [0.29, 0.717) is 31.7 Å². The van der Waals surface area contributed by atoms with Crippen molar-refractivity contribution in [3.63, 3.8) is 0 Å². The molecule has 0 N–H and O–H groups in total. The second-order valence-corrected chi connectivity index (χ2v) is 8.41. The van der Waals surface area contributed by atoms with E-state index < -0.39 is 5.41 Å². The second-order valence-electron chi connectivity index (χ2n) is 8.41. The molecule has 1 aromatic carbocycles. The van der Waals surface area contributed by atoms with E-state index in [9.17, 15) is 9.59 Å². The number of rotatable bonds is 6. The fraction of sp³-hybridized carbons (Fsp3) is 0.600. The highest BCUT2D eigenvalue weighted by Gasteiger charge is 2.51. The number of hydrogen-bond donors (Lipinski definition) is 0. The SMILES string of the molecule is CCOC(=O)C(CC)(CC)C1=CC(c2ccccc2)C2(CCCCC2)C(=O)C1. The molecule has 0 aromatic heterocycles. The molecule has 0 heterocycles. The van der Waals surface area contributed by atoms with Crippen molar-refractivity contribution in [1.29, 1.82) is 0 Å². The zero-order valence-electron chi connectivity index (χ0n) is 17.6. The highest BCUT2D eigenvalue weighted by molar-refractivity contribution is 5.92. The maximum Gasteiger partial charge on any atom is 0.316 e. The molecule has 1 spiro atoms. The number of ketones is 1. The van der Waals surface area contributed by atoms with Gasteiger partial charge in [-0.3, -0.25) is 9.59 Å². The maximum atomic E-state index is 13.6. The van der Waals surface area contributed by atoms with Gasteiger partial charge in [0.25, 0.3) is 0 Å². The van der Waals surface area contributed by atoms with Gasteiger partial charge < -0.3 is 4.74 Å². The summed E-state index contributed by atoms with van der Waals surface area (Å²) in [6, 6.07) is 10.4. The van der Waals surface area contributed by atoms with Crippen LogP contribution in [0.4, 0.5) is 0 Å². The van der Waals surface area contributed by atoms with Crippen molar-refractivity contribution in [3.05, 3.63) is 47.5 Å². The van der Waals surface area contributed by atoms with E-state index in [1.807, 2.05) is 26.8 Å². The summed E-state index contributed by atoms with van der Waals surface area (Å²) in [7, 11) is 0. The highest BCUT2D eigenvalue weighted by Crippen LogP contribution is 2.55. The van der Waals surface area contributed by atoms with E-state index in [2.05, 4.69) is 30.3 Å². The molecule has 0 aliphatic heterocycles. The molecule has 1 atom stereocenters. The molecule has 152 valence electrons. The summed E-state index contributed by atoms with van der Waals surface area (Å²) in [5, 5.41) is 0. The largest absolute Gasteiger partial charge is 0.465 e. The van der Waals surface area contributed by atoms with Gasteiger partial charge in [0.2, 0.25) is 0 Å². The van der Waals surface area contributed by atoms with Crippen molar-refractivity contribution < 1.29 is 14.3 Å². The van der Waals surface area contributed by atoms with Gasteiger partial charge >= 0.3 is 5.97 Å². The van der Waals surface area contributed by atoms with E-state index in [-0.39, 0.29) is 17.3 Å². The topological polar surface area (TPSA) is 43.4 Å². The number of carbonyl (C=O) groups excluding carboxylic acids is 2. The summed E-state index contributed by atoms with van der Waals surface area (Å²) in [5.74, 6) is 0.205. The Labute approximate surface area is 169 Å². The minimum Gasteiger partial charge on any atom is -0.465 e. The van der Waals surface area contributed by atoms with E-state index in [0.717, 1.165) is 31.3 Å². The van der Waals surface area contributed by atoms with Crippen LogP contribution >= 0.6 is 0 Å². The van der Waals surface area contributed by atoms with Crippen LogP contribution in [-0.4, -0.2) is 18.4 Å². The van der Waals surface area contributed by atoms with Gasteiger partial charge in [0.15, 0.2) is 0 Å². The molecule has 1 aromatic rings. The minimum atomic E-state index is -0.686. The van der Waals surface area contributed by atoms with Gasteiger partial charge in [-0.2, -0.15) is 0 Å². The molecular formula is C25H34O3. The normalized spacial score (nSPS) is 22.0. The Morgan fingerprint density at radius 2 is 1.71 bits per heavy atom. The summed E-state index contributed by atoms with van der Waals surface area (Å²) in [6.07, 6.45) is 9.36. The third-order valence-corrected chi connectivity index (χ3v) is 7.26. The number of esters is 1. The summed E-state index contributed by atoms with van der Waals surface area (Å²) in [5.41, 5.74) is 1.19. The molecule has 0 radical (unpaired) electrons. The van der Waals surface area contributed by atoms with E-state index in [4.69, 9.17) is 4.74 Å². The van der Waals surface area contributed by atoms with E-state index >= 15 is 0 Å². The highest BCUT2D eigenvalue weighted by atomic mass is 16.5. The zero-order valence-corrected chi connectivity index (χ0v) is 17.6. The van der Waals surface area contributed by atoms with Crippen molar-refractivity contribution >= 4 is 11.8 Å². The first-order chi connectivity index (χ1) is 13.5. The van der Waals surface area contributed by atoms with Crippen molar-refractivity contribution in [1.82, 2.24) is 0 Å². The number of benzene rings is 1. The average molecular weight is 383 g/mol. The van der Waals surface area contributed by atoms with Crippen molar-refractivity contribution in [3.8, 4) is 0 Å². The van der Waals surface area contributed by atoms with Crippen LogP contribution in [0.15, 0.2) is 42.0 Å². The lowest BCUT2D eigenvalue weighted by atomic mass is 9.55. The molecular weight excluding hydrogens is 348 g/mol. The van der Waals surface area contributed by atoms with Gasteiger partial charge in [0, 0.05) is 17.8 Å². The molecule has 28 heavy (non-hydrogen) atoms. The van der Waals surface area contributed by atoms with Crippen LogP contribution in [-0.2, 0) is 14.3 Å². The Balaban J connectivity index is 2.12. The first-order valence-corrected chi connectivity index (χ1v) is 11.0. The Kier molecular flexibility index (Phi) is 6.42. The van der Waals surface area contributed by atoms with Crippen LogP contribution in [0.25, 0.3) is 0 Å². The molecule has 2 aliphatic rings. The van der Waals surface area contributed by atoms with Gasteiger partial charge in [-0.05, 0) is 43.7 Å². The summed E-state index contributed by atoms with van der Waals surface area (Å²) < 4.78 is 5.46. The molecule has 0 bridgehead atoms. The fourth-order valence-corrected chi connectivity index (χ4v) is 5.51. The van der Waals surface area contributed by atoms with Crippen LogP contribution in [0.5, 0.6) is 0 Å². The van der Waals surface area contributed by atoms with Gasteiger partial charge in [-0.15, -0.1) is 0 Å². The van der Waals surface area contributed by atoms with Crippen molar-refractivity contribution in [2.24, 2.45) is 10.8 Å².